The van der Waals surface area contributed by atoms with Crippen LogP contribution in [0.25, 0.3) is 0 Å². The Balaban J connectivity index is 3.72. The van der Waals surface area contributed by atoms with Gasteiger partial charge < -0.3 is 11.5 Å². The lowest BCUT2D eigenvalue weighted by molar-refractivity contribution is -0.124. The number of carbonyl (C=O) groups is 2. The quantitative estimate of drug-likeness (QED) is 0.539. The SMILES string of the molecule is CCC(=O)C(N)CC(N)=O. The Morgan fingerprint density at radius 1 is 1.50 bits per heavy atom. The van der Waals surface area contributed by atoms with Crippen LogP contribution >= 0.6 is 0 Å². The fourth-order valence-corrected chi connectivity index (χ4v) is 0.593. The molecule has 1 unspecified atom stereocenters. The molecule has 0 rings (SSSR count). The van der Waals surface area contributed by atoms with Crippen LogP contribution in [0.2, 0.25) is 0 Å². The monoisotopic (exact) mass is 144 g/mol. The first kappa shape index (κ1) is 9.10. The van der Waals surface area contributed by atoms with E-state index in [1.807, 2.05) is 0 Å². The summed E-state index contributed by atoms with van der Waals surface area (Å²) in [6.07, 6.45) is 0.307. The Morgan fingerprint density at radius 3 is 2.30 bits per heavy atom. The Kier molecular flexibility index (Phi) is 3.64. The van der Waals surface area contributed by atoms with Crippen LogP contribution in [0.5, 0.6) is 0 Å². The first-order valence-electron chi connectivity index (χ1n) is 3.14. The molecule has 0 heterocycles. The molecule has 4 N–H and O–H groups in total. The van der Waals surface area contributed by atoms with Gasteiger partial charge in [-0.25, -0.2) is 0 Å². The van der Waals surface area contributed by atoms with E-state index >= 15 is 0 Å². The zero-order valence-electron chi connectivity index (χ0n) is 5.96. The van der Waals surface area contributed by atoms with Crippen LogP contribution in [0.3, 0.4) is 0 Å². The predicted octanol–water partition coefficient (Wildman–Crippen LogP) is -0.832. The normalized spacial score (nSPS) is 12.6. The number of nitrogens with two attached hydrogens (primary N) is 2. The van der Waals surface area contributed by atoms with Crippen LogP contribution in [-0.2, 0) is 9.59 Å². The van der Waals surface area contributed by atoms with E-state index in [1.165, 1.54) is 0 Å². The lowest BCUT2D eigenvalue weighted by Gasteiger charge is -2.04. The first-order chi connectivity index (χ1) is 4.57. The van der Waals surface area contributed by atoms with Crippen molar-refractivity contribution in [3.8, 4) is 0 Å². The largest absolute Gasteiger partial charge is 0.370 e. The standard InChI is InChI=1S/C6H12N2O2/c1-2-5(9)4(7)3-6(8)10/h4H,2-3,7H2,1H3,(H2,8,10). The number of primary amides is 1. The van der Waals surface area contributed by atoms with Gasteiger partial charge in [0, 0.05) is 12.8 Å². The summed E-state index contributed by atoms with van der Waals surface area (Å²) in [6, 6.07) is -0.706. The van der Waals surface area contributed by atoms with Crippen molar-refractivity contribution in [2.24, 2.45) is 11.5 Å². The molecule has 0 saturated carbocycles. The predicted molar refractivity (Wildman–Crippen MR) is 37.1 cm³/mol. The maximum Gasteiger partial charge on any atom is 0.219 e. The molecule has 0 fully saturated rings. The highest BCUT2D eigenvalue weighted by atomic mass is 16.1. The highest BCUT2D eigenvalue weighted by Gasteiger charge is 2.12. The molecule has 0 aromatic carbocycles. The van der Waals surface area contributed by atoms with Gasteiger partial charge >= 0.3 is 0 Å². The summed E-state index contributed by atoms with van der Waals surface area (Å²) in [5.41, 5.74) is 10.1. The van der Waals surface area contributed by atoms with Crippen LogP contribution in [0.4, 0.5) is 0 Å². The number of ketones is 1. The minimum Gasteiger partial charge on any atom is -0.370 e. The molecule has 0 saturated heterocycles. The topological polar surface area (TPSA) is 86.2 Å². The zero-order valence-corrected chi connectivity index (χ0v) is 5.96. The van der Waals surface area contributed by atoms with Gasteiger partial charge in [-0.2, -0.15) is 0 Å². The maximum absolute atomic E-state index is 10.7. The van der Waals surface area contributed by atoms with E-state index in [1.54, 1.807) is 6.92 Å². The van der Waals surface area contributed by atoms with Crippen molar-refractivity contribution < 1.29 is 9.59 Å². The Labute approximate surface area is 59.6 Å². The number of amides is 1. The maximum atomic E-state index is 10.7. The van der Waals surface area contributed by atoms with E-state index in [9.17, 15) is 9.59 Å². The second-order valence-corrected chi connectivity index (χ2v) is 2.10. The summed E-state index contributed by atoms with van der Waals surface area (Å²) in [5.74, 6) is -0.659. The minimum absolute atomic E-state index is 0.0489. The molecule has 0 aliphatic rings. The van der Waals surface area contributed by atoms with Crippen molar-refractivity contribution >= 4 is 11.7 Å². The molecule has 10 heavy (non-hydrogen) atoms. The molecule has 1 atom stereocenters. The van der Waals surface area contributed by atoms with Crippen LogP contribution in [-0.4, -0.2) is 17.7 Å². The molecule has 0 aromatic heterocycles. The third kappa shape index (κ3) is 3.19. The van der Waals surface area contributed by atoms with E-state index in [0.717, 1.165) is 0 Å². The number of Topliss-reactive ketones (excluding diaryl/α,β-unsaturated/α-hetero) is 1. The molecule has 0 aliphatic heterocycles. The van der Waals surface area contributed by atoms with Gasteiger partial charge in [0.05, 0.1) is 6.04 Å². The Hall–Kier alpha value is -0.900. The van der Waals surface area contributed by atoms with Gasteiger partial charge in [-0.15, -0.1) is 0 Å². The van der Waals surface area contributed by atoms with Gasteiger partial charge in [-0.1, -0.05) is 6.92 Å². The summed E-state index contributed by atoms with van der Waals surface area (Å²) in [7, 11) is 0. The van der Waals surface area contributed by atoms with Crippen LogP contribution < -0.4 is 11.5 Å². The van der Waals surface area contributed by atoms with Crippen molar-refractivity contribution in [3.05, 3.63) is 0 Å². The molecule has 0 aromatic rings. The lowest BCUT2D eigenvalue weighted by atomic mass is 10.1. The molecule has 0 radical (unpaired) electrons. The van der Waals surface area contributed by atoms with Crippen LogP contribution in [0.15, 0.2) is 0 Å². The van der Waals surface area contributed by atoms with Crippen molar-refractivity contribution in [2.45, 2.75) is 25.8 Å². The van der Waals surface area contributed by atoms with Gasteiger partial charge in [-0.05, 0) is 0 Å². The van der Waals surface area contributed by atoms with E-state index in [0.29, 0.717) is 6.42 Å². The van der Waals surface area contributed by atoms with Crippen molar-refractivity contribution in [3.63, 3.8) is 0 Å². The van der Waals surface area contributed by atoms with E-state index in [2.05, 4.69) is 0 Å². The van der Waals surface area contributed by atoms with Crippen molar-refractivity contribution in [2.75, 3.05) is 0 Å². The lowest BCUT2D eigenvalue weighted by Crippen LogP contribution is -2.34. The summed E-state index contributed by atoms with van der Waals surface area (Å²) >= 11 is 0. The highest BCUT2D eigenvalue weighted by Crippen LogP contribution is 1.91. The summed E-state index contributed by atoms with van der Waals surface area (Å²) < 4.78 is 0. The smallest absolute Gasteiger partial charge is 0.219 e. The highest BCUT2D eigenvalue weighted by molar-refractivity contribution is 5.88. The molecule has 0 aliphatic carbocycles. The van der Waals surface area contributed by atoms with E-state index in [4.69, 9.17) is 11.5 Å². The van der Waals surface area contributed by atoms with Crippen LogP contribution in [0, 0.1) is 0 Å². The van der Waals surface area contributed by atoms with Gasteiger partial charge in [0.25, 0.3) is 0 Å². The van der Waals surface area contributed by atoms with Gasteiger partial charge in [0.1, 0.15) is 5.78 Å². The van der Waals surface area contributed by atoms with Gasteiger partial charge in [0.15, 0.2) is 0 Å². The van der Waals surface area contributed by atoms with Crippen molar-refractivity contribution in [1.82, 2.24) is 0 Å². The number of carbonyl (C=O) groups excluding carboxylic acids is 2. The average molecular weight is 144 g/mol. The Bertz CT molecular complexity index is 145. The third-order valence-electron chi connectivity index (χ3n) is 1.18. The zero-order chi connectivity index (χ0) is 8.15. The molecule has 0 spiro atoms. The summed E-state index contributed by atoms with van der Waals surface area (Å²) in [6.45, 7) is 1.70. The molecule has 4 heteroatoms. The number of rotatable bonds is 4. The van der Waals surface area contributed by atoms with Gasteiger partial charge in [-0.3, -0.25) is 9.59 Å². The molecular weight excluding hydrogens is 132 g/mol. The fourth-order valence-electron chi connectivity index (χ4n) is 0.593. The van der Waals surface area contributed by atoms with E-state index < -0.39 is 11.9 Å². The first-order valence-corrected chi connectivity index (χ1v) is 3.14. The second-order valence-electron chi connectivity index (χ2n) is 2.10. The molecule has 58 valence electrons. The van der Waals surface area contributed by atoms with Gasteiger partial charge in [0.2, 0.25) is 5.91 Å². The van der Waals surface area contributed by atoms with Crippen molar-refractivity contribution in [1.29, 1.82) is 0 Å². The molecule has 1 amide bonds. The summed E-state index contributed by atoms with van der Waals surface area (Å²) in [4.78, 5) is 20.9. The number of hydrogen-bond acceptors (Lipinski definition) is 3. The van der Waals surface area contributed by atoms with E-state index in [-0.39, 0.29) is 12.2 Å². The average Bonchev–Trinajstić information content (AvgIpc) is 1.85. The molecule has 0 bridgehead atoms. The molecule has 4 nitrogen and oxygen atoms in total. The van der Waals surface area contributed by atoms with Crippen LogP contribution in [0.1, 0.15) is 19.8 Å². The minimum atomic E-state index is -0.706. The fraction of sp³-hybridized carbons (Fsp3) is 0.667. The Morgan fingerprint density at radius 2 is 2.00 bits per heavy atom. The third-order valence-corrected chi connectivity index (χ3v) is 1.18. The second kappa shape index (κ2) is 4.00. The summed E-state index contributed by atoms with van der Waals surface area (Å²) in [5, 5.41) is 0. The number of hydrogen-bond donors (Lipinski definition) is 2. The molecular formula is C6H12N2O2.